The van der Waals surface area contributed by atoms with Gasteiger partial charge in [-0.3, -0.25) is 14.4 Å². The van der Waals surface area contributed by atoms with Crippen LogP contribution in [0.2, 0.25) is 0 Å². The van der Waals surface area contributed by atoms with Crippen LogP contribution in [0.15, 0.2) is 36.5 Å². The molecule has 1 rings (SSSR count). The minimum Gasteiger partial charge on any atom is -0.479 e. The van der Waals surface area contributed by atoms with Crippen LogP contribution >= 0.6 is 0 Å². The summed E-state index contributed by atoms with van der Waals surface area (Å²) in [7, 11) is 0. The average Bonchev–Trinajstić information content (AvgIpc) is 3.33. The van der Waals surface area contributed by atoms with Gasteiger partial charge in [-0.2, -0.15) is 0 Å². The van der Waals surface area contributed by atoms with Crippen molar-refractivity contribution in [3.05, 3.63) is 36.5 Å². The molecule has 0 aliphatic carbocycles. The van der Waals surface area contributed by atoms with Crippen molar-refractivity contribution in [2.75, 3.05) is 13.2 Å². The number of carbonyl (C=O) groups excluding carboxylic acids is 3. The predicted molar refractivity (Wildman–Crippen MR) is 276 cm³/mol. The molecule has 1 fully saturated rings. The Morgan fingerprint density at radius 3 is 1.39 bits per heavy atom. The molecule has 0 spiro atoms. The van der Waals surface area contributed by atoms with Crippen molar-refractivity contribution in [2.45, 2.75) is 289 Å². The van der Waals surface area contributed by atoms with Crippen molar-refractivity contribution in [3.8, 4) is 0 Å². The summed E-state index contributed by atoms with van der Waals surface area (Å²) < 4.78 is 28.3. The number of hydrogen-bond acceptors (Lipinski definition) is 11. The van der Waals surface area contributed by atoms with Gasteiger partial charge in [-0.05, 0) is 70.6 Å². The van der Waals surface area contributed by atoms with Gasteiger partial charge in [-0.1, -0.05) is 198 Å². The topological polar surface area (TPSA) is 175 Å². The number of ether oxygens (including phenoxy) is 5. The van der Waals surface area contributed by atoms with Crippen LogP contribution in [0.3, 0.4) is 0 Å². The monoisotopic (exact) mass is 977 g/mol. The number of carbonyl (C=O) groups is 4. The van der Waals surface area contributed by atoms with Crippen LogP contribution < -0.4 is 0 Å². The Morgan fingerprint density at radius 1 is 0.478 bits per heavy atom. The van der Waals surface area contributed by atoms with Crippen molar-refractivity contribution in [1.82, 2.24) is 0 Å². The number of aliphatic hydroxyl groups excluding tert-OH is 2. The highest BCUT2D eigenvalue weighted by Crippen LogP contribution is 2.26. The summed E-state index contributed by atoms with van der Waals surface area (Å²) >= 11 is 0. The highest BCUT2D eigenvalue weighted by atomic mass is 16.7. The third kappa shape index (κ3) is 36.5. The van der Waals surface area contributed by atoms with Gasteiger partial charge in [0.25, 0.3) is 0 Å². The molecule has 0 aromatic rings. The first-order valence-corrected chi connectivity index (χ1v) is 28.0. The number of esters is 3. The molecule has 1 saturated heterocycles. The number of rotatable bonds is 47. The van der Waals surface area contributed by atoms with Crippen LogP contribution in [-0.4, -0.2) is 89.2 Å². The van der Waals surface area contributed by atoms with Gasteiger partial charge >= 0.3 is 23.9 Å². The molecule has 0 bridgehead atoms. The molecule has 3 N–H and O–H groups in total. The second-order valence-corrected chi connectivity index (χ2v) is 19.2. The van der Waals surface area contributed by atoms with E-state index in [0.717, 1.165) is 103 Å². The maximum atomic E-state index is 13.1. The number of allylic oxidation sites excluding steroid dienone is 6. The fourth-order valence-corrected chi connectivity index (χ4v) is 8.32. The molecule has 0 saturated carbocycles. The van der Waals surface area contributed by atoms with E-state index < -0.39 is 67.3 Å². The molecule has 0 amide bonds. The quantitative estimate of drug-likeness (QED) is 0.0228. The molecule has 1 aliphatic heterocycles. The molecular weight excluding hydrogens is 877 g/mol. The molecule has 0 aromatic carbocycles. The molecule has 69 heavy (non-hydrogen) atoms. The van der Waals surface area contributed by atoms with E-state index >= 15 is 0 Å². The van der Waals surface area contributed by atoms with Crippen molar-refractivity contribution in [3.63, 3.8) is 0 Å². The molecule has 1 heterocycles. The lowest BCUT2D eigenvalue weighted by Crippen LogP contribution is -2.61. The molecule has 6 unspecified atom stereocenters. The van der Waals surface area contributed by atoms with Crippen molar-refractivity contribution in [2.24, 2.45) is 0 Å². The minimum absolute atomic E-state index is 0.0510. The summed E-state index contributed by atoms with van der Waals surface area (Å²) in [6.45, 7) is 5.90. The Labute approximate surface area is 419 Å². The van der Waals surface area contributed by atoms with E-state index in [2.05, 4.69) is 57.2 Å². The summed E-state index contributed by atoms with van der Waals surface area (Å²) in [5, 5.41) is 31.3. The molecule has 12 nitrogen and oxygen atoms in total. The van der Waals surface area contributed by atoms with Gasteiger partial charge < -0.3 is 39.0 Å². The van der Waals surface area contributed by atoms with Crippen molar-refractivity contribution >= 4 is 23.9 Å². The van der Waals surface area contributed by atoms with Crippen molar-refractivity contribution in [1.29, 1.82) is 0 Å². The first kappa shape index (κ1) is 64.0. The van der Waals surface area contributed by atoms with Gasteiger partial charge in [0.15, 0.2) is 24.6 Å². The number of unbranched alkanes of at least 4 members (excludes halogenated alkanes) is 27. The molecule has 1 aliphatic rings. The highest BCUT2D eigenvalue weighted by Gasteiger charge is 2.50. The standard InChI is InChI=1S/C57H100O12/c1-4-7-10-13-16-19-22-24-25-27-29-31-34-37-40-43-49(58)65-46-48(67-50(59)44-41-38-35-33-30-26-23-20-17-14-11-8-5-2)47-66-57-55(53(62)52(61)54(69-57)56(63)64)68-51(60)45-42-39-36-32-28-21-18-15-12-9-6-3/h15-16,18-19,24-25,48,52-55,57,61-62H,4-14,17,20-23,26-47H2,1-3H3,(H,63,64)/b18-15-,19-16-,25-24-. The van der Waals surface area contributed by atoms with Crippen LogP contribution in [-0.2, 0) is 42.9 Å². The lowest BCUT2D eigenvalue weighted by atomic mass is 9.98. The first-order valence-electron chi connectivity index (χ1n) is 28.0. The van der Waals surface area contributed by atoms with Crippen LogP contribution in [0.25, 0.3) is 0 Å². The van der Waals surface area contributed by atoms with Crippen molar-refractivity contribution < 1.29 is 58.2 Å². The predicted octanol–water partition coefficient (Wildman–Crippen LogP) is 13.7. The number of carboxylic acid groups (broad SMARTS) is 1. The van der Waals surface area contributed by atoms with E-state index in [1.165, 1.54) is 89.9 Å². The highest BCUT2D eigenvalue weighted by molar-refractivity contribution is 5.74. The van der Waals surface area contributed by atoms with E-state index in [-0.39, 0.29) is 25.9 Å². The van der Waals surface area contributed by atoms with Crippen LogP contribution in [0.5, 0.6) is 0 Å². The Bertz CT molecular complexity index is 1350. The smallest absolute Gasteiger partial charge is 0.335 e. The van der Waals surface area contributed by atoms with Crippen LogP contribution in [0.4, 0.5) is 0 Å². The molecule has 0 radical (unpaired) electrons. The van der Waals surface area contributed by atoms with Gasteiger partial charge in [0.05, 0.1) is 6.61 Å². The zero-order valence-corrected chi connectivity index (χ0v) is 43.8. The second-order valence-electron chi connectivity index (χ2n) is 19.2. The molecule has 6 atom stereocenters. The maximum Gasteiger partial charge on any atom is 0.335 e. The number of hydrogen-bond donors (Lipinski definition) is 3. The minimum atomic E-state index is -1.90. The fourth-order valence-electron chi connectivity index (χ4n) is 8.32. The Kier molecular flexibility index (Phi) is 42.7. The lowest BCUT2D eigenvalue weighted by molar-refractivity contribution is -0.301. The molecule has 12 heteroatoms. The molecule has 400 valence electrons. The number of aliphatic carboxylic acids is 1. The number of aliphatic hydroxyl groups is 2. The summed E-state index contributed by atoms with van der Waals surface area (Å²) in [6.07, 6.45) is 39.8. The Hall–Kier alpha value is -3.06. The van der Waals surface area contributed by atoms with E-state index in [0.29, 0.717) is 19.3 Å². The van der Waals surface area contributed by atoms with E-state index in [9.17, 15) is 34.5 Å². The van der Waals surface area contributed by atoms with Crippen LogP contribution in [0, 0.1) is 0 Å². The van der Waals surface area contributed by atoms with Gasteiger partial charge in [-0.25, -0.2) is 4.79 Å². The summed E-state index contributed by atoms with van der Waals surface area (Å²) in [6, 6.07) is 0. The fraction of sp³-hybridized carbons (Fsp3) is 0.825. The average molecular weight is 977 g/mol. The second kappa shape index (κ2) is 46.0. The largest absolute Gasteiger partial charge is 0.479 e. The van der Waals surface area contributed by atoms with Gasteiger partial charge in [0.2, 0.25) is 0 Å². The summed E-state index contributed by atoms with van der Waals surface area (Å²) in [4.78, 5) is 50.9. The maximum absolute atomic E-state index is 13.1. The first-order chi connectivity index (χ1) is 33.6. The third-order valence-corrected chi connectivity index (χ3v) is 12.7. The summed E-state index contributed by atoms with van der Waals surface area (Å²) in [5.74, 6) is -3.13. The van der Waals surface area contributed by atoms with Gasteiger partial charge in [0.1, 0.15) is 18.8 Å². The van der Waals surface area contributed by atoms with E-state index in [4.69, 9.17) is 23.7 Å². The summed E-state index contributed by atoms with van der Waals surface area (Å²) in [5.41, 5.74) is 0. The Morgan fingerprint density at radius 2 is 0.884 bits per heavy atom. The van der Waals surface area contributed by atoms with E-state index in [1.807, 2.05) is 0 Å². The zero-order valence-electron chi connectivity index (χ0n) is 43.8. The van der Waals surface area contributed by atoms with Crippen LogP contribution in [0.1, 0.15) is 252 Å². The van der Waals surface area contributed by atoms with Gasteiger partial charge in [-0.15, -0.1) is 0 Å². The normalized spacial score (nSPS) is 18.9. The van der Waals surface area contributed by atoms with Gasteiger partial charge in [0, 0.05) is 19.3 Å². The molecule has 0 aromatic heterocycles. The third-order valence-electron chi connectivity index (χ3n) is 12.7. The zero-order chi connectivity index (χ0) is 50.4. The number of carboxylic acids is 1. The van der Waals surface area contributed by atoms with E-state index in [1.54, 1.807) is 0 Å². The lowest BCUT2D eigenvalue weighted by Gasteiger charge is -2.40. The SMILES string of the molecule is CCCC/C=C\CCCCCCCC(=O)OC1C(OCC(COC(=O)CCCCCCC/C=C\C/C=C\CCCCC)OC(=O)CCCCCCCCCCCCCCC)OC(C(=O)O)C(O)C1O. The Balaban J connectivity index is 2.72. The molecular formula is C57H100O12.